The summed E-state index contributed by atoms with van der Waals surface area (Å²) >= 11 is 0. The highest BCUT2D eigenvalue weighted by Crippen LogP contribution is 2.26. The lowest BCUT2D eigenvalue weighted by Gasteiger charge is -2.30. The third-order valence-corrected chi connectivity index (χ3v) is 5.32. The summed E-state index contributed by atoms with van der Waals surface area (Å²) in [6.07, 6.45) is 3.04. The van der Waals surface area contributed by atoms with Crippen LogP contribution in [0.1, 0.15) is 25.6 Å². The zero-order chi connectivity index (χ0) is 20.1. The van der Waals surface area contributed by atoms with Gasteiger partial charge in [-0.3, -0.25) is 4.79 Å². The first-order valence-corrected chi connectivity index (χ1v) is 10.4. The lowest BCUT2D eigenvalue weighted by molar-refractivity contribution is -0.116. The molecule has 0 unspecified atom stereocenters. The highest BCUT2D eigenvalue weighted by molar-refractivity contribution is 5.95. The summed E-state index contributed by atoms with van der Waals surface area (Å²) in [5.74, 6) is 0.941. The van der Waals surface area contributed by atoms with Crippen LogP contribution in [0.4, 0.5) is 11.4 Å². The fourth-order valence-electron chi connectivity index (χ4n) is 3.82. The van der Waals surface area contributed by atoms with Crippen molar-refractivity contribution in [1.82, 2.24) is 9.55 Å². The lowest BCUT2D eigenvalue weighted by atomic mass is 10.2. The third kappa shape index (κ3) is 4.43. The Hall–Kier alpha value is -2.86. The van der Waals surface area contributed by atoms with E-state index >= 15 is 0 Å². The summed E-state index contributed by atoms with van der Waals surface area (Å²) in [5, 5.41) is 3.12. The number of amides is 1. The molecule has 0 radical (unpaired) electrons. The number of benzene rings is 2. The Morgan fingerprint density at radius 1 is 1.10 bits per heavy atom. The molecule has 1 aromatic heterocycles. The zero-order valence-electron chi connectivity index (χ0n) is 16.9. The van der Waals surface area contributed by atoms with Crippen LogP contribution < -0.4 is 10.2 Å². The summed E-state index contributed by atoms with van der Waals surface area (Å²) in [6.45, 7) is 5.52. The van der Waals surface area contributed by atoms with E-state index in [1.807, 2.05) is 42.5 Å². The molecule has 1 fully saturated rings. The normalized spacial score (nSPS) is 14.3. The van der Waals surface area contributed by atoms with E-state index in [2.05, 4.69) is 27.8 Å². The van der Waals surface area contributed by atoms with Crippen LogP contribution in [0.2, 0.25) is 0 Å². The van der Waals surface area contributed by atoms with Gasteiger partial charge in [0, 0.05) is 19.5 Å². The fourth-order valence-corrected chi connectivity index (χ4v) is 3.82. The van der Waals surface area contributed by atoms with Crippen LogP contribution in [0.25, 0.3) is 11.0 Å². The van der Waals surface area contributed by atoms with E-state index in [1.54, 1.807) is 0 Å². The summed E-state index contributed by atoms with van der Waals surface area (Å²) < 4.78 is 7.51. The van der Waals surface area contributed by atoms with Crippen molar-refractivity contribution < 1.29 is 9.53 Å². The van der Waals surface area contributed by atoms with Crippen LogP contribution in [0.3, 0.4) is 0 Å². The van der Waals surface area contributed by atoms with Crippen LogP contribution in [0.5, 0.6) is 0 Å². The number of nitrogens with zero attached hydrogens (tertiary/aromatic N) is 3. The Labute approximate surface area is 171 Å². The van der Waals surface area contributed by atoms with Crippen LogP contribution in [-0.4, -0.2) is 41.8 Å². The number of hydrogen-bond acceptors (Lipinski definition) is 4. The molecule has 1 aliphatic rings. The number of ether oxygens (including phenoxy) is 1. The summed E-state index contributed by atoms with van der Waals surface area (Å²) in [4.78, 5) is 20.0. The first kappa shape index (κ1) is 19.5. The molecule has 1 amide bonds. The number of fused-ring (bicyclic) bond motifs is 1. The van der Waals surface area contributed by atoms with E-state index in [1.165, 1.54) is 0 Å². The number of aryl methyl sites for hydroxylation is 1. The van der Waals surface area contributed by atoms with Crippen molar-refractivity contribution in [2.75, 3.05) is 36.5 Å². The fraction of sp³-hybridized carbons (Fsp3) is 0.391. The topological polar surface area (TPSA) is 59.4 Å². The van der Waals surface area contributed by atoms with Gasteiger partial charge in [-0.1, -0.05) is 37.6 Å². The van der Waals surface area contributed by atoms with Crippen LogP contribution in [-0.2, 0) is 22.5 Å². The number of para-hydroxylation sites is 4. The van der Waals surface area contributed by atoms with Gasteiger partial charge in [0.25, 0.3) is 0 Å². The molecule has 29 heavy (non-hydrogen) atoms. The van der Waals surface area contributed by atoms with Gasteiger partial charge in [-0.15, -0.1) is 0 Å². The molecule has 2 aromatic carbocycles. The maximum absolute atomic E-state index is 13.0. The molecule has 4 rings (SSSR count). The Balaban J connectivity index is 1.55. The molecule has 6 heteroatoms. The molecule has 3 aromatic rings. The highest BCUT2D eigenvalue weighted by atomic mass is 16.5. The molecule has 0 spiro atoms. The standard InChI is InChI=1S/C23H28N4O2/c1-2-3-12-22-24-19-9-5-7-11-21(19)27(22)17-23(28)25-18-8-4-6-10-20(18)26-13-15-29-16-14-26/h4-11H,2-3,12-17H2,1H3,(H,25,28). The second-order valence-electron chi connectivity index (χ2n) is 7.37. The minimum atomic E-state index is -0.0355. The molecular weight excluding hydrogens is 364 g/mol. The van der Waals surface area contributed by atoms with Crippen molar-refractivity contribution in [3.05, 3.63) is 54.4 Å². The smallest absolute Gasteiger partial charge is 0.244 e. The lowest BCUT2D eigenvalue weighted by Crippen LogP contribution is -2.36. The van der Waals surface area contributed by atoms with E-state index < -0.39 is 0 Å². The van der Waals surface area contributed by atoms with Crippen molar-refractivity contribution in [3.8, 4) is 0 Å². The first-order chi connectivity index (χ1) is 14.3. The molecule has 0 atom stereocenters. The Morgan fingerprint density at radius 3 is 2.69 bits per heavy atom. The molecule has 152 valence electrons. The summed E-state index contributed by atoms with van der Waals surface area (Å²) in [5.41, 5.74) is 3.85. The van der Waals surface area contributed by atoms with E-state index in [0.717, 1.165) is 60.6 Å². The van der Waals surface area contributed by atoms with Crippen LogP contribution in [0.15, 0.2) is 48.5 Å². The van der Waals surface area contributed by atoms with Gasteiger partial charge < -0.3 is 19.5 Å². The Morgan fingerprint density at radius 2 is 1.86 bits per heavy atom. The number of morpholine rings is 1. The molecule has 1 N–H and O–H groups in total. The molecule has 6 nitrogen and oxygen atoms in total. The number of hydrogen-bond donors (Lipinski definition) is 1. The van der Waals surface area contributed by atoms with Gasteiger partial charge in [0.2, 0.25) is 5.91 Å². The van der Waals surface area contributed by atoms with Crippen molar-refractivity contribution in [3.63, 3.8) is 0 Å². The van der Waals surface area contributed by atoms with Crippen LogP contribution in [0, 0.1) is 0 Å². The molecule has 1 aliphatic heterocycles. The largest absolute Gasteiger partial charge is 0.378 e. The monoisotopic (exact) mass is 392 g/mol. The number of aromatic nitrogens is 2. The van der Waals surface area contributed by atoms with Gasteiger partial charge in [-0.25, -0.2) is 4.98 Å². The van der Waals surface area contributed by atoms with Crippen LogP contribution >= 0.6 is 0 Å². The number of carbonyl (C=O) groups is 1. The Kier molecular flexibility index (Phi) is 6.10. The molecule has 0 bridgehead atoms. The number of rotatable bonds is 7. The number of nitrogens with one attached hydrogen (secondary N) is 1. The predicted octanol–water partition coefficient (Wildman–Crippen LogP) is 3.85. The predicted molar refractivity (Wildman–Crippen MR) is 116 cm³/mol. The second-order valence-corrected chi connectivity index (χ2v) is 7.37. The van der Waals surface area contributed by atoms with Gasteiger partial charge >= 0.3 is 0 Å². The second kappa shape index (κ2) is 9.09. The minimum absolute atomic E-state index is 0.0355. The van der Waals surface area contributed by atoms with E-state index in [-0.39, 0.29) is 12.5 Å². The Bertz CT molecular complexity index is 976. The average molecular weight is 393 g/mol. The maximum Gasteiger partial charge on any atom is 0.244 e. The van der Waals surface area contributed by atoms with Gasteiger partial charge in [-0.05, 0) is 30.7 Å². The SMILES string of the molecule is CCCCc1nc2ccccc2n1CC(=O)Nc1ccccc1N1CCOCC1. The number of anilines is 2. The zero-order valence-corrected chi connectivity index (χ0v) is 16.9. The number of imidazole rings is 1. The van der Waals surface area contributed by atoms with Gasteiger partial charge in [0.05, 0.1) is 35.6 Å². The van der Waals surface area contributed by atoms with E-state index in [9.17, 15) is 4.79 Å². The number of carbonyl (C=O) groups excluding carboxylic acids is 1. The molecular formula is C23H28N4O2. The van der Waals surface area contributed by atoms with Crippen molar-refractivity contribution >= 4 is 28.3 Å². The van der Waals surface area contributed by atoms with Crippen molar-refractivity contribution in [1.29, 1.82) is 0 Å². The summed E-state index contributed by atoms with van der Waals surface area (Å²) in [7, 11) is 0. The first-order valence-electron chi connectivity index (χ1n) is 10.4. The molecule has 2 heterocycles. The highest BCUT2D eigenvalue weighted by Gasteiger charge is 2.17. The molecule has 1 saturated heterocycles. The molecule has 0 saturated carbocycles. The average Bonchev–Trinajstić information content (AvgIpc) is 3.10. The molecule has 0 aliphatic carbocycles. The van der Waals surface area contributed by atoms with Gasteiger partial charge in [-0.2, -0.15) is 0 Å². The van der Waals surface area contributed by atoms with Gasteiger partial charge in [0.15, 0.2) is 0 Å². The third-order valence-electron chi connectivity index (χ3n) is 5.32. The quantitative estimate of drug-likeness (QED) is 0.663. The van der Waals surface area contributed by atoms with Crippen molar-refractivity contribution in [2.24, 2.45) is 0 Å². The van der Waals surface area contributed by atoms with Gasteiger partial charge in [0.1, 0.15) is 12.4 Å². The minimum Gasteiger partial charge on any atom is -0.378 e. The van der Waals surface area contributed by atoms with E-state index in [0.29, 0.717) is 13.2 Å². The van der Waals surface area contributed by atoms with E-state index in [4.69, 9.17) is 9.72 Å². The van der Waals surface area contributed by atoms with Crippen molar-refractivity contribution in [2.45, 2.75) is 32.7 Å². The summed E-state index contributed by atoms with van der Waals surface area (Å²) in [6, 6.07) is 16.0. The maximum atomic E-state index is 13.0. The number of unbranched alkanes of at least 4 members (excludes halogenated alkanes) is 1.